The summed E-state index contributed by atoms with van der Waals surface area (Å²) in [6, 6.07) is 0.503. The van der Waals surface area contributed by atoms with Crippen LogP contribution in [0, 0.1) is 0 Å². The summed E-state index contributed by atoms with van der Waals surface area (Å²) in [6.07, 6.45) is 0. The van der Waals surface area contributed by atoms with E-state index in [2.05, 4.69) is 17.0 Å². The van der Waals surface area contributed by atoms with Crippen molar-refractivity contribution in [1.29, 1.82) is 0 Å². The van der Waals surface area contributed by atoms with Crippen LogP contribution in [0.5, 0.6) is 0 Å². The van der Waals surface area contributed by atoms with E-state index in [1.54, 1.807) is 11.9 Å². The van der Waals surface area contributed by atoms with Gasteiger partial charge in [-0.2, -0.15) is 0 Å². The molecule has 0 aliphatic carbocycles. The average molecular weight is 176 g/mol. The lowest BCUT2D eigenvalue weighted by atomic mass is 10.3. The Morgan fingerprint density at radius 1 is 1.73 bits per heavy atom. The van der Waals surface area contributed by atoms with E-state index in [4.69, 9.17) is 4.74 Å². The third kappa shape index (κ3) is 3.96. The average Bonchev–Trinajstić information content (AvgIpc) is 2.07. The highest BCUT2D eigenvalue weighted by atomic mass is 32.2. The van der Waals surface area contributed by atoms with Crippen LogP contribution in [0.1, 0.15) is 6.92 Å². The first-order valence-corrected chi connectivity index (χ1v) is 5.08. The Morgan fingerprint density at radius 3 is 3.27 bits per heavy atom. The van der Waals surface area contributed by atoms with Crippen molar-refractivity contribution >= 4 is 11.9 Å². The number of hydrogen-bond donors (Lipinski definition) is 2. The van der Waals surface area contributed by atoms with Crippen molar-refractivity contribution in [3.05, 3.63) is 0 Å². The zero-order valence-electron chi connectivity index (χ0n) is 6.93. The van der Waals surface area contributed by atoms with E-state index >= 15 is 0 Å². The fourth-order valence-electron chi connectivity index (χ4n) is 1.01. The van der Waals surface area contributed by atoms with E-state index in [1.165, 1.54) is 0 Å². The summed E-state index contributed by atoms with van der Waals surface area (Å²) >= 11 is 1.76. The summed E-state index contributed by atoms with van der Waals surface area (Å²) in [5, 5.41) is 3.38. The molecule has 66 valence electrons. The molecule has 0 bridgehead atoms. The van der Waals surface area contributed by atoms with Gasteiger partial charge in [0.1, 0.15) is 0 Å². The molecule has 1 atom stereocenters. The normalized spacial score (nSPS) is 25.4. The first kappa shape index (κ1) is 9.32. The van der Waals surface area contributed by atoms with Crippen molar-refractivity contribution in [1.82, 2.24) is 10.0 Å². The van der Waals surface area contributed by atoms with Gasteiger partial charge in [-0.3, -0.25) is 4.72 Å². The van der Waals surface area contributed by atoms with Crippen LogP contribution in [0.4, 0.5) is 0 Å². The molecule has 1 unspecified atom stereocenters. The van der Waals surface area contributed by atoms with E-state index in [1.807, 2.05) is 0 Å². The van der Waals surface area contributed by atoms with Gasteiger partial charge in [0.15, 0.2) is 0 Å². The Hall–Kier alpha value is 0.230. The topological polar surface area (TPSA) is 33.3 Å². The Bertz CT molecular complexity index is 96.4. The molecule has 0 aromatic carbocycles. The molecule has 11 heavy (non-hydrogen) atoms. The van der Waals surface area contributed by atoms with Gasteiger partial charge in [-0.05, 0) is 0 Å². The van der Waals surface area contributed by atoms with Crippen molar-refractivity contribution in [2.45, 2.75) is 13.0 Å². The van der Waals surface area contributed by atoms with E-state index in [9.17, 15) is 0 Å². The van der Waals surface area contributed by atoms with Crippen LogP contribution in [0.2, 0.25) is 0 Å². The molecule has 0 spiro atoms. The molecule has 1 rings (SSSR count). The maximum absolute atomic E-state index is 5.30. The highest BCUT2D eigenvalue weighted by Gasteiger charge is 2.11. The van der Waals surface area contributed by atoms with Gasteiger partial charge in [0.25, 0.3) is 0 Å². The molecule has 4 heteroatoms. The van der Waals surface area contributed by atoms with E-state index in [0.29, 0.717) is 6.04 Å². The predicted octanol–water partition coefficient (Wildman–Crippen LogP) is 0.232. The van der Waals surface area contributed by atoms with Crippen molar-refractivity contribution in [2.24, 2.45) is 0 Å². The summed E-state index contributed by atoms with van der Waals surface area (Å²) in [5.74, 6) is 1.12. The van der Waals surface area contributed by atoms with Gasteiger partial charge in [-0.25, -0.2) is 0 Å². The quantitative estimate of drug-likeness (QED) is 0.475. The summed E-state index contributed by atoms with van der Waals surface area (Å²) in [6.45, 7) is 5.83. The molecular weight excluding hydrogens is 160 g/mol. The van der Waals surface area contributed by atoms with Gasteiger partial charge < -0.3 is 10.1 Å². The second kappa shape index (κ2) is 5.83. The van der Waals surface area contributed by atoms with Crippen LogP contribution >= 0.6 is 11.9 Å². The van der Waals surface area contributed by atoms with Crippen LogP contribution in [-0.2, 0) is 4.74 Å². The first-order chi connectivity index (χ1) is 5.43. The van der Waals surface area contributed by atoms with Gasteiger partial charge in [0.2, 0.25) is 0 Å². The van der Waals surface area contributed by atoms with Crippen molar-refractivity contribution in [3.63, 3.8) is 0 Å². The molecule has 2 N–H and O–H groups in total. The van der Waals surface area contributed by atoms with Crippen molar-refractivity contribution in [3.8, 4) is 0 Å². The molecule has 1 aliphatic heterocycles. The summed E-state index contributed by atoms with van der Waals surface area (Å²) < 4.78 is 8.58. The van der Waals surface area contributed by atoms with Gasteiger partial charge in [0.05, 0.1) is 13.2 Å². The third-order valence-electron chi connectivity index (χ3n) is 1.57. The van der Waals surface area contributed by atoms with Gasteiger partial charge >= 0.3 is 0 Å². The second-order valence-electron chi connectivity index (χ2n) is 2.51. The number of hydrogen-bond acceptors (Lipinski definition) is 4. The minimum Gasteiger partial charge on any atom is -0.378 e. The highest BCUT2D eigenvalue weighted by molar-refractivity contribution is 7.97. The van der Waals surface area contributed by atoms with E-state index in [0.717, 1.165) is 32.1 Å². The minimum absolute atomic E-state index is 0.503. The first-order valence-electron chi connectivity index (χ1n) is 4.09. The fourth-order valence-corrected chi connectivity index (χ4v) is 1.54. The fraction of sp³-hybridized carbons (Fsp3) is 1.00. The van der Waals surface area contributed by atoms with Gasteiger partial charge in [-0.1, -0.05) is 18.9 Å². The summed E-state index contributed by atoms with van der Waals surface area (Å²) in [5.41, 5.74) is 0. The molecule has 0 radical (unpaired) electrons. The summed E-state index contributed by atoms with van der Waals surface area (Å²) in [7, 11) is 0. The number of morpholine rings is 1. The second-order valence-corrected chi connectivity index (χ2v) is 3.66. The molecular formula is C7H16N2OS. The Labute approximate surface area is 72.4 Å². The van der Waals surface area contributed by atoms with Gasteiger partial charge in [0, 0.05) is 24.9 Å². The molecule has 1 aliphatic rings. The predicted molar refractivity (Wildman–Crippen MR) is 48.7 cm³/mol. The smallest absolute Gasteiger partial charge is 0.0633 e. The monoisotopic (exact) mass is 176 g/mol. The standard InChI is InChI=1S/C7H16N2OS/c1-2-11-9-5-7-6-10-4-3-8-7/h7-9H,2-6H2,1H3. The van der Waals surface area contributed by atoms with Gasteiger partial charge in [-0.15, -0.1) is 0 Å². The molecule has 3 nitrogen and oxygen atoms in total. The molecule has 1 heterocycles. The summed E-state index contributed by atoms with van der Waals surface area (Å²) in [4.78, 5) is 0. The highest BCUT2D eigenvalue weighted by Crippen LogP contribution is 1.95. The van der Waals surface area contributed by atoms with E-state index < -0.39 is 0 Å². The number of nitrogens with one attached hydrogen (secondary N) is 2. The van der Waals surface area contributed by atoms with Crippen LogP contribution in [0.25, 0.3) is 0 Å². The van der Waals surface area contributed by atoms with Crippen LogP contribution < -0.4 is 10.0 Å². The molecule has 0 aromatic heterocycles. The molecule has 0 saturated carbocycles. The lowest BCUT2D eigenvalue weighted by Crippen LogP contribution is -2.46. The Morgan fingerprint density at radius 2 is 2.64 bits per heavy atom. The third-order valence-corrected chi connectivity index (χ3v) is 2.23. The lowest BCUT2D eigenvalue weighted by molar-refractivity contribution is 0.0786. The van der Waals surface area contributed by atoms with Crippen LogP contribution in [0.15, 0.2) is 0 Å². The number of rotatable bonds is 4. The minimum atomic E-state index is 0.503. The van der Waals surface area contributed by atoms with E-state index in [-0.39, 0.29) is 0 Å². The maximum Gasteiger partial charge on any atom is 0.0633 e. The molecule has 0 amide bonds. The SMILES string of the molecule is CCSNCC1COCCN1. The maximum atomic E-state index is 5.30. The van der Waals surface area contributed by atoms with Crippen LogP contribution in [0.3, 0.4) is 0 Å². The van der Waals surface area contributed by atoms with Crippen LogP contribution in [-0.4, -0.2) is 38.1 Å². The number of ether oxygens (including phenoxy) is 1. The van der Waals surface area contributed by atoms with Crippen molar-refractivity contribution < 1.29 is 4.74 Å². The zero-order valence-corrected chi connectivity index (χ0v) is 7.75. The molecule has 1 saturated heterocycles. The largest absolute Gasteiger partial charge is 0.378 e. The van der Waals surface area contributed by atoms with Crippen molar-refractivity contribution in [2.75, 3.05) is 32.1 Å². The lowest BCUT2D eigenvalue weighted by Gasteiger charge is -2.23. The molecule has 1 fully saturated rings. The molecule has 0 aromatic rings. The zero-order chi connectivity index (χ0) is 7.94. The Kier molecular flexibility index (Phi) is 4.94. The Balaban J connectivity index is 1.96.